The fourth-order valence-corrected chi connectivity index (χ4v) is 4.54. The van der Waals surface area contributed by atoms with Gasteiger partial charge in [-0.25, -0.2) is 9.97 Å². The highest BCUT2D eigenvalue weighted by Crippen LogP contribution is 2.34. The second kappa shape index (κ2) is 11.2. The van der Waals surface area contributed by atoms with Gasteiger partial charge in [0, 0.05) is 60.3 Å². The van der Waals surface area contributed by atoms with E-state index in [1.165, 1.54) is 6.08 Å². The minimum Gasteiger partial charge on any atom is -0.495 e. The summed E-state index contributed by atoms with van der Waals surface area (Å²) in [7, 11) is 3.85. The first-order chi connectivity index (χ1) is 16.9. The zero-order chi connectivity index (χ0) is 24.8. The van der Waals surface area contributed by atoms with E-state index in [9.17, 15) is 4.79 Å². The number of ether oxygens (including phenoxy) is 1. The fourth-order valence-electron chi connectivity index (χ4n) is 3.69. The summed E-state index contributed by atoms with van der Waals surface area (Å²) >= 11 is 1.54. The number of aromatic nitrogens is 2. The zero-order valence-corrected chi connectivity index (χ0v) is 21.1. The van der Waals surface area contributed by atoms with Crippen LogP contribution in [0.1, 0.15) is 5.56 Å². The lowest BCUT2D eigenvalue weighted by atomic mass is 10.2. The van der Waals surface area contributed by atoms with Gasteiger partial charge in [-0.1, -0.05) is 18.3 Å². The van der Waals surface area contributed by atoms with Crippen molar-refractivity contribution in [1.82, 2.24) is 14.9 Å². The predicted molar refractivity (Wildman–Crippen MR) is 142 cm³/mol. The molecule has 0 spiro atoms. The largest absolute Gasteiger partial charge is 0.495 e. The molecular weight excluding hydrogens is 460 g/mol. The molecule has 2 heterocycles. The van der Waals surface area contributed by atoms with Gasteiger partial charge in [0.2, 0.25) is 11.9 Å². The smallest absolute Gasteiger partial charge is 0.247 e. The van der Waals surface area contributed by atoms with Gasteiger partial charge in [0.05, 0.1) is 12.8 Å². The van der Waals surface area contributed by atoms with Crippen LogP contribution >= 0.6 is 11.8 Å². The average Bonchev–Trinajstić information content (AvgIpc) is 2.87. The zero-order valence-electron chi connectivity index (χ0n) is 20.2. The van der Waals surface area contributed by atoms with Crippen LogP contribution in [0.15, 0.2) is 71.2 Å². The van der Waals surface area contributed by atoms with E-state index in [2.05, 4.69) is 45.1 Å². The molecule has 1 saturated heterocycles. The number of benzene rings is 2. The standard InChI is InChI=1S/C26H30N6O2S/c1-5-24(33)28-19-6-9-21(10-7-19)35-25-18(2)17-27-26(30-25)29-20-8-11-22(23(16-20)34-4)32-14-12-31(3)13-15-32/h5-11,16-17H,1,12-15H2,2-4H3,(H,28,33)(H,27,29,30). The highest BCUT2D eigenvalue weighted by atomic mass is 32.2. The van der Waals surface area contributed by atoms with E-state index in [0.717, 1.165) is 64.5 Å². The van der Waals surface area contributed by atoms with Crippen molar-refractivity contribution >= 4 is 40.7 Å². The fraction of sp³-hybridized carbons (Fsp3) is 0.269. The van der Waals surface area contributed by atoms with Gasteiger partial charge in [0.15, 0.2) is 0 Å². The summed E-state index contributed by atoms with van der Waals surface area (Å²) < 4.78 is 5.69. The Morgan fingerprint density at radius 2 is 1.83 bits per heavy atom. The molecule has 1 amide bonds. The molecule has 4 rings (SSSR count). The summed E-state index contributed by atoms with van der Waals surface area (Å²) in [6.45, 7) is 9.47. The van der Waals surface area contributed by atoms with Crippen molar-refractivity contribution < 1.29 is 9.53 Å². The first kappa shape index (κ1) is 24.6. The summed E-state index contributed by atoms with van der Waals surface area (Å²) in [5.41, 5.74) is 3.66. The summed E-state index contributed by atoms with van der Waals surface area (Å²) in [6.07, 6.45) is 3.06. The van der Waals surface area contributed by atoms with Crippen molar-refractivity contribution in [2.45, 2.75) is 16.8 Å². The predicted octanol–water partition coefficient (Wildman–Crippen LogP) is 4.56. The number of nitrogens with one attached hydrogen (secondary N) is 2. The van der Waals surface area contributed by atoms with Crippen LogP contribution in [-0.4, -0.2) is 61.1 Å². The molecule has 0 unspecified atom stereocenters. The lowest BCUT2D eigenvalue weighted by Gasteiger charge is -2.34. The van der Waals surface area contributed by atoms with Gasteiger partial charge in [-0.05, 0) is 56.4 Å². The quantitative estimate of drug-likeness (QED) is 0.351. The number of hydrogen-bond acceptors (Lipinski definition) is 8. The summed E-state index contributed by atoms with van der Waals surface area (Å²) in [6, 6.07) is 13.7. The number of nitrogens with zero attached hydrogens (tertiary/aromatic N) is 4. The number of aryl methyl sites for hydroxylation is 1. The third-order valence-electron chi connectivity index (χ3n) is 5.73. The van der Waals surface area contributed by atoms with Gasteiger partial charge in [-0.2, -0.15) is 0 Å². The number of anilines is 4. The molecule has 0 bridgehead atoms. The average molecular weight is 491 g/mol. The molecule has 0 saturated carbocycles. The SMILES string of the molecule is C=CC(=O)Nc1ccc(Sc2nc(Nc3ccc(N4CCN(C)CC4)c(OC)c3)ncc2C)cc1. The van der Waals surface area contributed by atoms with Crippen LogP contribution in [0.4, 0.5) is 23.0 Å². The van der Waals surface area contributed by atoms with Crippen LogP contribution in [0.2, 0.25) is 0 Å². The Balaban J connectivity index is 1.47. The van der Waals surface area contributed by atoms with Gasteiger partial charge in [-0.15, -0.1) is 0 Å². The third-order valence-corrected chi connectivity index (χ3v) is 6.84. The van der Waals surface area contributed by atoms with Crippen LogP contribution in [0, 0.1) is 6.92 Å². The maximum absolute atomic E-state index is 11.5. The van der Waals surface area contributed by atoms with Crippen molar-refractivity contribution in [3.05, 3.63) is 66.9 Å². The van der Waals surface area contributed by atoms with E-state index in [4.69, 9.17) is 9.72 Å². The molecule has 0 radical (unpaired) electrons. The second-order valence-corrected chi connectivity index (χ2v) is 9.37. The Labute approximate surface area is 210 Å². The van der Waals surface area contributed by atoms with Crippen LogP contribution in [-0.2, 0) is 4.79 Å². The lowest BCUT2D eigenvalue weighted by Crippen LogP contribution is -2.44. The number of rotatable bonds is 8. The van der Waals surface area contributed by atoms with Gasteiger partial charge >= 0.3 is 0 Å². The Hall–Kier alpha value is -3.56. The summed E-state index contributed by atoms with van der Waals surface area (Å²) in [5.74, 6) is 1.10. The molecule has 35 heavy (non-hydrogen) atoms. The van der Waals surface area contributed by atoms with Crippen LogP contribution < -0.4 is 20.3 Å². The highest BCUT2D eigenvalue weighted by molar-refractivity contribution is 7.99. The van der Waals surface area contributed by atoms with E-state index in [-0.39, 0.29) is 5.91 Å². The number of hydrogen-bond donors (Lipinski definition) is 2. The molecule has 0 aliphatic carbocycles. The Bertz CT molecular complexity index is 1190. The van der Waals surface area contributed by atoms with Gasteiger partial charge < -0.3 is 25.2 Å². The number of piperazine rings is 1. The van der Waals surface area contributed by atoms with Crippen molar-refractivity contribution in [1.29, 1.82) is 0 Å². The molecule has 2 aromatic carbocycles. The van der Waals surface area contributed by atoms with E-state index < -0.39 is 0 Å². The van der Waals surface area contributed by atoms with E-state index in [1.807, 2.05) is 49.5 Å². The molecule has 9 heteroatoms. The maximum Gasteiger partial charge on any atom is 0.247 e. The number of carbonyl (C=O) groups excluding carboxylic acids is 1. The van der Waals surface area contributed by atoms with Crippen LogP contribution in [0.25, 0.3) is 0 Å². The third kappa shape index (κ3) is 6.32. The summed E-state index contributed by atoms with van der Waals surface area (Å²) in [4.78, 5) is 26.3. The topological polar surface area (TPSA) is 82.6 Å². The Kier molecular flexibility index (Phi) is 7.89. The number of amides is 1. The first-order valence-corrected chi connectivity index (χ1v) is 12.2. The molecule has 0 atom stereocenters. The number of likely N-dealkylation sites (N-methyl/N-ethyl adjacent to an activating group) is 1. The highest BCUT2D eigenvalue weighted by Gasteiger charge is 2.18. The van der Waals surface area contributed by atoms with Crippen molar-refractivity contribution in [2.24, 2.45) is 0 Å². The normalized spacial score (nSPS) is 13.9. The maximum atomic E-state index is 11.5. The number of carbonyl (C=O) groups is 1. The molecule has 182 valence electrons. The Morgan fingerprint density at radius 3 is 2.51 bits per heavy atom. The molecule has 3 aromatic rings. The second-order valence-electron chi connectivity index (χ2n) is 8.30. The minimum atomic E-state index is -0.235. The molecule has 8 nitrogen and oxygen atoms in total. The van der Waals surface area contributed by atoms with Crippen molar-refractivity contribution in [3.8, 4) is 5.75 Å². The monoisotopic (exact) mass is 490 g/mol. The molecule has 1 aliphatic heterocycles. The van der Waals surface area contributed by atoms with E-state index in [0.29, 0.717) is 5.95 Å². The number of methoxy groups -OCH3 is 1. The van der Waals surface area contributed by atoms with E-state index >= 15 is 0 Å². The van der Waals surface area contributed by atoms with Crippen molar-refractivity contribution in [3.63, 3.8) is 0 Å². The molecule has 2 N–H and O–H groups in total. The lowest BCUT2D eigenvalue weighted by molar-refractivity contribution is -0.111. The van der Waals surface area contributed by atoms with Crippen molar-refractivity contribution in [2.75, 3.05) is 55.9 Å². The van der Waals surface area contributed by atoms with Gasteiger partial charge in [0.1, 0.15) is 10.8 Å². The van der Waals surface area contributed by atoms with Gasteiger partial charge in [0.25, 0.3) is 0 Å². The molecule has 1 aromatic heterocycles. The summed E-state index contributed by atoms with van der Waals surface area (Å²) in [5, 5.41) is 6.91. The molecule has 1 aliphatic rings. The van der Waals surface area contributed by atoms with Crippen LogP contribution in [0.3, 0.4) is 0 Å². The first-order valence-electron chi connectivity index (χ1n) is 11.4. The Morgan fingerprint density at radius 1 is 1.11 bits per heavy atom. The molecule has 1 fully saturated rings. The minimum absolute atomic E-state index is 0.235. The molecular formula is C26H30N6O2S. The van der Waals surface area contributed by atoms with Crippen LogP contribution in [0.5, 0.6) is 5.75 Å². The van der Waals surface area contributed by atoms with E-state index in [1.54, 1.807) is 18.9 Å². The van der Waals surface area contributed by atoms with Gasteiger partial charge in [-0.3, -0.25) is 4.79 Å².